The molecule has 1 fully saturated rings. The van der Waals surface area contributed by atoms with Crippen molar-refractivity contribution < 1.29 is 14.3 Å². The maximum Gasteiger partial charge on any atom is 0.251 e. The van der Waals surface area contributed by atoms with E-state index in [1.165, 1.54) is 0 Å². The Bertz CT molecular complexity index is 530. The second-order valence-corrected chi connectivity index (χ2v) is 5.86. The molecule has 5 nitrogen and oxygen atoms in total. The minimum Gasteiger partial charge on any atom is -0.490 e. The average Bonchev–Trinajstić information content (AvgIpc) is 2.84. The lowest BCUT2D eigenvalue weighted by atomic mass is 9.97. The Labute approximate surface area is 137 Å². The van der Waals surface area contributed by atoms with Crippen molar-refractivity contribution in [3.63, 3.8) is 0 Å². The zero-order valence-corrected chi connectivity index (χ0v) is 13.4. The highest BCUT2D eigenvalue weighted by Gasteiger charge is 2.34. The monoisotopic (exact) mass is 326 g/mol. The number of ether oxygens (including phenoxy) is 2. The first-order valence-electron chi connectivity index (χ1n) is 7.65. The van der Waals surface area contributed by atoms with Gasteiger partial charge in [-0.2, -0.15) is 0 Å². The number of fused-ring (bicyclic) bond motifs is 1. The number of rotatable bonds is 3. The van der Waals surface area contributed by atoms with Crippen LogP contribution in [0.5, 0.6) is 11.5 Å². The van der Waals surface area contributed by atoms with Crippen molar-refractivity contribution in [2.24, 2.45) is 5.73 Å². The molecule has 1 amide bonds. The first kappa shape index (κ1) is 16.9. The van der Waals surface area contributed by atoms with Gasteiger partial charge in [-0.1, -0.05) is 12.8 Å². The number of hydrogen-bond donors (Lipinski definition) is 2. The zero-order valence-electron chi connectivity index (χ0n) is 12.6. The van der Waals surface area contributed by atoms with Gasteiger partial charge in [0, 0.05) is 18.5 Å². The Morgan fingerprint density at radius 3 is 2.50 bits per heavy atom. The minimum absolute atomic E-state index is 0. The molecule has 122 valence electrons. The lowest BCUT2D eigenvalue weighted by Gasteiger charge is -2.28. The highest BCUT2D eigenvalue weighted by Crippen LogP contribution is 2.32. The van der Waals surface area contributed by atoms with Gasteiger partial charge in [-0.3, -0.25) is 4.79 Å². The topological polar surface area (TPSA) is 73.6 Å². The van der Waals surface area contributed by atoms with Gasteiger partial charge in [-0.05, 0) is 31.0 Å². The third-order valence-electron chi connectivity index (χ3n) is 4.34. The van der Waals surface area contributed by atoms with E-state index in [1.807, 2.05) is 0 Å². The second kappa shape index (κ2) is 7.20. The second-order valence-electron chi connectivity index (χ2n) is 5.86. The molecule has 1 aromatic carbocycles. The largest absolute Gasteiger partial charge is 0.490 e. The van der Waals surface area contributed by atoms with E-state index in [1.54, 1.807) is 18.2 Å². The molecular formula is C16H23ClN2O3. The Balaban J connectivity index is 0.00000176. The first-order chi connectivity index (χ1) is 10.2. The molecule has 0 unspecified atom stereocenters. The average molecular weight is 327 g/mol. The van der Waals surface area contributed by atoms with Gasteiger partial charge in [-0.25, -0.2) is 0 Å². The van der Waals surface area contributed by atoms with Crippen LogP contribution in [0.3, 0.4) is 0 Å². The van der Waals surface area contributed by atoms with Gasteiger partial charge < -0.3 is 20.5 Å². The van der Waals surface area contributed by atoms with Crippen LogP contribution in [-0.4, -0.2) is 31.2 Å². The summed E-state index contributed by atoms with van der Waals surface area (Å²) in [5.74, 6) is 1.27. The molecule has 1 heterocycles. The van der Waals surface area contributed by atoms with Crippen LogP contribution in [0.1, 0.15) is 42.5 Å². The van der Waals surface area contributed by atoms with Crippen LogP contribution >= 0.6 is 12.4 Å². The van der Waals surface area contributed by atoms with Crippen LogP contribution in [-0.2, 0) is 0 Å². The number of benzene rings is 1. The van der Waals surface area contributed by atoms with E-state index >= 15 is 0 Å². The maximum absolute atomic E-state index is 12.5. The molecule has 3 rings (SSSR count). The summed E-state index contributed by atoms with van der Waals surface area (Å²) >= 11 is 0. The van der Waals surface area contributed by atoms with Gasteiger partial charge in [-0.15, -0.1) is 12.4 Å². The highest BCUT2D eigenvalue weighted by molar-refractivity contribution is 5.95. The minimum atomic E-state index is -0.235. The van der Waals surface area contributed by atoms with Gasteiger partial charge in [0.25, 0.3) is 5.91 Å². The molecule has 1 aliphatic heterocycles. The van der Waals surface area contributed by atoms with Crippen molar-refractivity contribution >= 4 is 18.3 Å². The molecule has 1 aromatic rings. The first-order valence-corrected chi connectivity index (χ1v) is 7.65. The molecule has 22 heavy (non-hydrogen) atoms. The summed E-state index contributed by atoms with van der Waals surface area (Å²) in [4.78, 5) is 12.5. The molecular weight excluding hydrogens is 304 g/mol. The van der Waals surface area contributed by atoms with Crippen LogP contribution in [0, 0.1) is 0 Å². The Kier molecular flexibility index (Phi) is 5.53. The van der Waals surface area contributed by atoms with Gasteiger partial charge in [0.1, 0.15) is 0 Å². The third-order valence-corrected chi connectivity index (χ3v) is 4.34. The van der Waals surface area contributed by atoms with Gasteiger partial charge >= 0.3 is 0 Å². The van der Waals surface area contributed by atoms with Crippen LogP contribution < -0.4 is 20.5 Å². The van der Waals surface area contributed by atoms with Crippen LogP contribution in [0.25, 0.3) is 0 Å². The van der Waals surface area contributed by atoms with Gasteiger partial charge in [0.05, 0.1) is 18.8 Å². The molecule has 0 aromatic heterocycles. The Morgan fingerprint density at radius 2 is 1.82 bits per heavy atom. The van der Waals surface area contributed by atoms with Crippen molar-refractivity contribution in [2.45, 2.75) is 37.6 Å². The quantitative estimate of drug-likeness (QED) is 0.893. The molecule has 0 bridgehead atoms. The molecule has 0 radical (unpaired) electrons. The van der Waals surface area contributed by atoms with Gasteiger partial charge in [0.15, 0.2) is 11.5 Å². The number of carbonyl (C=O) groups is 1. The summed E-state index contributed by atoms with van der Waals surface area (Å²) in [7, 11) is 0. The summed E-state index contributed by atoms with van der Waals surface area (Å²) in [6.45, 7) is 1.75. The molecule has 0 atom stereocenters. The summed E-state index contributed by atoms with van der Waals surface area (Å²) < 4.78 is 11.2. The smallest absolute Gasteiger partial charge is 0.251 e. The summed E-state index contributed by atoms with van der Waals surface area (Å²) in [5.41, 5.74) is 6.23. The molecule has 1 aliphatic carbocycles. The van der Waals surface area contributed by atoms with Crippen LogP contribution in [0.2, 0.25) is 0 Å². The predicted molar refractivity (Wildman–Crippen MR) is 87.0 cm³/mol. The number of nitrogens with two attached hydrogens (primary N) is 1. The predicted octanol–water partition coefficient (Wildman–Crippen LogP) is 2.27. The fraction of sp³-hybridized carbons (Fsp3) is 0.562. The normalized spacial score (nSPS) is 19.0. The number of nitrogens with one attached hydrogen (secondary N) is 1. The van der Waals surface area contributed by atoms with Crippen molar-refractivity contribution in [1.29, 1.82) is 0 Å². The SMILES string of the molecule is Cl.NCC1(NC(=O)c2ccc3c(c2)OCCCO3)CCCC1. The molecule has 6 heteroatoms. The fourth-order valence-corrected chi connectivity index (χ4v) is 3.05. The Hall–Kier alpha value is -1.46. The standard InChI is InChI=1S/C16H22N2O3.ClH/c17-11-16(6-1-2-7-16)18-15(19)12-4-5-13-14(10-12)21-9-3-8-20-13;/h4-5,10H,1-3,6-9,11,17H2,(H,18,19);1H. The van der Waals surface area contributed by atoms with Crippen LogP contribution in [0.4, 0.5) is 0 Å². The number of carbonyl (C=O) groups excluding carboxylic acids is 1. The fourth-order valence-electron chi connectivity index (χ4n) is 3.05. The van der Waals surface area contributed by atoms with Crippen molar-refractivity contribution in [3.8, 4) is 11.5 Å². The third kappa shape index (κ3) is 3.47. The number of amides is 1. The molecule has 0 spiro atoms. The number of hydrogen-bond acceptors (Lipinski definition) is 4. The Morgan fingerprint density at radius 1 is 1.14 bits per heavy atom. The van der Waals surface area contributed by atoms with E-state index in [4.69, 9.17) is 15.2 Å². The van der Waals surface area contributed by atoms with Gasteiger partial charge in [0.2, 0.25) is 0 Å². The van der Waals surface area contributed by atoms with Crippen LogP contribution in [0.15, 0.2) is 18.2 Å². The van der Waals surface area contributed by atoms with Crippen molar-refractivity contribution in [2.75, 3.05) is 19.8 Å². The lowest BCUT2D eigenvalue weighted by Crippen LogP contribution is -2.51. The van der Waals surface area contributed by atoms with E-state index in [9.17, 15) is 4.79 Å². The maximum atomic E-state index is 12.5. The highest BCUT2D eigenvalue weighted by atomic mass is 35.5. The zero-order chi connectivity index (χ0) is 14.7. The van der Waals surface area contributed by atoms with E-state index in [0.29, 0.717) is 36.8 Å². The van der Waals surface area contributed by atoms with E-state index in [0.717, 1.165) is 32.1 Å². The summed E-state index contributed by atoms with van der Waals surface area (Å²) in [6.07, 6.45) is 5.02. The lowest BCUT2D eigenvalue weighted by molar-refractivity contribution is 0.0902. The summed E-state index contributed by atoms with van der Waals surface area (Å²) in [6, 6.07) is 5.34. The van der Waals surface area contributed by atoms with E-state index in [2.05, 4.69) is 5.32 Å². The summed E-state index contributed by atoms with van der Waals surface area (Å²) in [5, 5.41) is 3.12. The van der Waals surface area contributed by atoms with Crippen molar-refractivity contribution in [3.05, 3.63) is 23.8 Å². The number of halogens is 1. The van der Waals surface area contributed by atoms with E-state index in [-0.39, 0.29) is 23.9 Å². The molecule has 2 aliphatic rings. The molecule has 0 saturated heterocycles. The molecule has 3 N–H and O–H groups in total. The van der Waals surface area contributed by atoms with Crippen molar-refractivity contribution in [1.82, 2.24) is 5.32 Å². The molecule has 1 saturated carbocycles. The van der Waals surface area contributed by atoms with E-state index < -0.39 is 0 Å².